The summed E-state index contributed by atoms with van der Waals surface area (Å²) in [6.07, 6.45) is 2.59. The van der Waals surface area contributed by atoms with E-state index in [9.17, 15) is 14.7 Å². The van der Waals surface area contributed by atoms with E-state index in [2.05, 4.69) is 20.9 Å². The molecule has 0 radical (unpaired) electrons. The van der Waals surface area contributed by atoms with Crippen molar-refractivity contribution in [1.82, 2.24) is 15.6 Å². The highest BCUT2D eigenvalue weighted by molar-refractivity contribution is 5.96. The maximum atomic E-state index is 12.3. The van der Waals surface area contributed by atoms with E-state index >= 15 is 0 Å². The van der Waals surface area contributed by atoms with Crippen molar-refractivity contribution in [3.8, 4) is 0 Å². The fraction of sp³-hybridized carbons (Fsp3) is 0.227. The van der Waals surface area contributed by atoms with Crippen molar-refractivity contribution in [3.63, 3.8) is 0 Å². The van der Waals surface area contributed by atoms with Gasteiger partial charge in [-0.05, 0) is 30.2 Å². The number of benzene rings is 2. The lowest BCUT2D eigenvalue weighted by Crippen LogP contribution is -2.46. The zero-order valence-corrected chi connectivity index (χ0v) is 18.2. The van der Waals surface area contributed by atoms with E-state index in [1.807, 2.05) is 30.5 Å². The average Bonchev–Trinajstić information content (AvgIpc) is 3.19. The summed E-state index contributed by atoms with van der Waals surface area (Å²) < 4.78 is 0. The van der Waals surface area contributed by atoms with E-state index < -0.39 is 18.6 Å². The van der Waals surface area contributed by atoms with Crippen LogP contribution in [0.2, 0.25) is 0 Å². The molecule has 32 heavy (non-hydrogen) atoms. The Labute approximate surface area is 191 Å². The van der Waals surface area contributed by atoms with Crippen LogP contribution in [-0.4, -0.2) is 53.5 Å². The van der Waals surface area contributed by atoms with Gasteiger partial charge in [0.2, 0.25) is 11.8 Å². The number of hydrogen-bond acceptors (Lipinski definition) is 5. The number of fused-ring (bicyclic) bond motifs is 1. The number of hydrogen-bond donors (Lipinski definition) is 7. The van der Waals surface area contributed by atoms with Crippen molar-refractivity contribution >= 4 is 46.6 Å². The zero-order chi connectivity index (χ0) is 22.2. The average molecular weight is 459 g/mol. The summed E-state index contributed by atoms with van der Waals surface area (Å²) in [6.45, 7) is -0.216. The van der Waals surface area contributed by atoms with E-state index in [0.717, 1.165) is 16.5 Å². The predicted molar refractivity (Wildman–Crippen MR) is 127 cm³/mol. The number of halogens is 1. The quantitative estimate of drug-likeness (QED) is 0.179. The molecule has 9 nitrogen and oxygen atoms in total. The third kappa shape index (κ3) is 6.47. The summed E-state index contributed by atoms with van der Waals surface area (Å²) in [4.78, 5) is 27.6. The number of nitrogens with two attached hydrogens (primary N) is 1. The number of aromatic amines is 1. The van der Waals surface area contributed by atoms with Crippen LogP contribution in [0.25, 0.3) is 10.9 Å². The molecule has 10 heteroatoms. The van der Waals surface area contributed by atoms with Gasteiger partial charge in [-0.25, -0.2) is 0 Å². The van der Waals surface area contributed by atoms with Crippen LogP contribution >= 0.6 is 12.4 Å². The van der Waals surface area contributed by atoms with Gasteiger partial charge in [-0.1, -0.05) is 30.3 Å². The van der Waals surface area contributed by atoms with Gasteiger partial charge in [0.1, 0.15) is 11.9 Å². The van der Waals surface area contributed by atoms with Gasteiger partial charge in [-0.3, -0.25) is 15.0 Å². The van der Waals surface area contributed by atoms with Crippen LogP contribution in [0.15, 0.2) is 54.7 Å². The molecular formula is C22H27ClN6O3. The largest absolute Gasteiger partial charge is 0.394 e. The molecule has 3 aromatic rings. The first-order chi connectivity index (χ1) is 15.0. The number of aliphatic hydroxyl groups excluding tert-OH is 1. The number of rotatable bonds is 10. The fourth-order valence-electron chi connectivity index (χ4n) is 3.20. The molecule has 1 atom stereocenters. The molecule has 0 aliphatic carbocycles. The Balaban J connectivity index is 0.00000363. The summed E-state index contributed by atoms with van der Waals surface area (Å²) >= 11 is 0. The van der Waals surface area contributed by atoms with Gasteiger partial charge in [0.05, 0.1) is 13.2 Å². The van der Waals surface area contributed by atoms with E-state index in [0.29, 0.717) is 24.2 Å². The summed E-state index contributed by atoms with van der Waals surface area (Å²) in [7, 11) is 0. The predicted octanol–water partition coefficient (Wildman–Crippen LogP) is 1.12. The second-order valence-corrected chi connectivity index (χ2v) is 7.05. The molecular weight excluding hydrogens is 432 g/mol. The van der Waals surface area contributed by atoms with Crippen molar-refractivity contribution < 1.29 is 14.7 Å². The maximum absolute atomic E-state index is 12.3. The van der Waals surface area contributed by atoms with Crippen molar-refractivity contribution in [2.45, 2.75) is 12.5 Å². The highest BCUT2D eigenvalue weighted by Crippen LogP contribution is 2.17. The standard InChI is InChI=1S/C22H26N6O3.ClH/c23-21(24)14-4-3-5-16(10-14)28-19(13-29)22(31)27-12-20(30)25-9-8-15-11-26-18-7-2-1-6-17(15)18;/h1-7,10-11,19,26,28-29H,8-9,12-13H2,(H3,23,24)(H,25,30)(H,27,31);1H. The molecule has 1 aromatic heterocycles. The molecule has 0 fully saturated rings. The second kappa shape index (κ2) is 11.7. The summed E-state index contributed by atoms with van der Waals surface area (Å²) in [5.41, 5.74) is 8.65. The molecule has 0 aliphatic heterocycles. The summed E-state index contributed by atoms with van der Waals surface area (Å²) in [5.74, 6) is -0.927. The maximum Gasteiger partial charge on any atom is 0.245 e. The Morgan fingerprint density at radius 2 is 1.91 bits per heavy atom. The number of nitrogens with one attached hydrogen (secondary N) is 5. The van der Waals surface area contributed by atoms with Crippen LogP contribution in [0.5, 0.6) is 0 Å². The molecule has 2 amide bonds. The Bertz CT molecular complexity index is 1080. The summed E-state index contributed by atoms with van der Waals surface area (Å²) in [6, 6.07) is 13.7. The molecule has 3 rings (SSSR count). The van der Waals surface area contributed by atoms with E-state index in [4.69, 9.17) is 11.1 Å². The number of amides is 2. The smallest absolute Gasteiger partial charge is 0.245 e. The molecule has 0 aliphatic rings. The molecule has 2 aromatic carbocycles. The zero-order valence-electron chi connectivity index (χ0n) is 17.4. The third-order valence-electron chi connectivity index (χ3n) is 4.83. The van der Waals surface area contributed by atoms with Crippen LogP contribution in [0.1, 0.15) is 11.1 Å². The van der Waals surface area contributed by atoms with Crippen LogP contribution in [0.3, 0.4) is 0 Å². The third-order valence-corrected chi connectivity index (χ3v) is 4.83. The first-order valence-electron chi connectivity index (χ1n) is 9.89. The topological polar surface area (TPSA) is 156 Å². The number of aliphatic hydroxyl groups is 1. The number of carbonyl (C=O) groups excluding carboxylic acids is 2. The van der Waals surface area contributed by atoms with Gasteiger partial charge in [-0.2, -0.15) is 0 Å². The lowest BCUT2D eigenvalue weighted by atomic mass is 10.1. The van der Waals surface area contributed by atoms with Crippen LogP contribution < -0.4 is 21.7 Å². The van der Waals surface area contributed by atoms with Crippen LogP contribution in [0.4, 0.5) is 5.69 Å². The summed E-state index contributed by atoms with van der Waals surface area (Å²) in [5, 5.41) is 26.3. The Hall–Kier alpha value is -3.56. The monoisotopic (exact) mass is 458 g/mol. The Morgan fingerprint density at radius 3 is 2.66 bits per heavy atom. The molecule has 8 N–H and O–H groups in total. The lowest BCUT2D eigenvalue weighted by Gasteiger charge is -2.17. The molecule has 0 bridgehead atoms. The SMILES string of the molecule is Cl.N=C(N)c1cccc(NC(CO)C(=O)NCC(=O)NCCc2c[nH]c3ccccc23)c1. The molecule has 1 unspecified atom stereocenters. The molecule has 0 saturated carbocycles. The number of amidine groups is 1. The number of para-hydroxylation sites is 1. The number of nitrogen functional groups attached to an aromatic ring is 1. The fourth-order valence-corrected chi connectivity index (χ4v) is 3.20. The van der Waals surface area contributed by atoms with Gasteiger partial charge in [0.15, 0.2) is 0 Å². The Morgan fingerprint density at radius 1 is 1.12 bits per heavy atom. The van der Waals surface area contributed by atoms with Gasteiger partial charge in [0, 0.05) is 34.9 Å². The first-order valence-corrected chi connectivity index (χ1v) is 9.89. The van der Waals surface area contributed by atoms with E-state index in [1.165, 1.54) is 0 Å². The molecule has 170 valence electrons. The van der Waals surface area contributed by atoms with Crippen LogP contribution in [0, 0.1) is 5.41 Å². The minimum atomic E-state index is -0.943. The van der Waals surface area contributed by atoms with Gasteiger partial charge in [-0.15, -0.1) is 12.4 Å². The number of carbonyl (C=O) groups is 2. The van der Waals surface area contributed by atoms with Crippen molar-refractivity contribution in [2.24, 2.45) is 5.73 Å². The van der Waals surface area contributed by atoms with Crippen molar-refractivity contribution in [1.29, 1.82) is 5.41 Å². The van der Waals surface area contributed by atoms with Crippen molar-refractivity contribution in [3.05, 3.63) is 65.9 Å². The number of H-pyrrole nitrogens is 1. The van der Waals surface area contributed by atoms with Gasteiger partial charge < -0.3 is 31.8 Å². The normalized spacial score (nSPS) is 11.3. The molecule has 1 heterocycles. The van der Waals surface area contributed by atoms with E-state index in [1.54, 1.807) is 24.3 Å². The first kappa shape index (κ1) is 24.7. The minimum absolute atomic E-state index is 0. The highest BCUT2D eigenvalue weighted by atomic mass is 35.5. The number of anilines is 1. The molecule has 0 spiro atoms. The highest BCUT2D eigenvalue weighted by Gasteiger charge is 2.18. The number of aromatic nitrogens is 1. The lowest BCUT2D eigenvalue weighted by molar-refractivity contribution is -0.127. The minimum Gasteiger partial charge on any atom is -0.394 e. The molecule has 0 saturated heterocycles. The van der Waals surface area contributed by atoms with Gasteiger partial charge in [0.25, 0.3) is 0 Å². The van der Waals surface area contributed by atoms with Crippen LogP contribution in [-0.2, 0) is 16.0 Å². The van der Waals surface area contributed by atoms with Gasteiger partial charge >= 0.3 is 0 Å². The van der Waals surface area contributed by atoms with E-state index in [-0.39, 0.29) is 30.7 Å². The Kier molecular flexibility index (Phi) is 9.06. The van der Waals surface area contributed by atoms with Crippen molar-refractivity contribution in [2.75, 3.05) is 25.0 Å². The second-order valence-electron chi connectivity index (χ2n) is 7.05.